The van der Waals surface area contributed by atoms with Crippen molar-refractivity contribution in [2.45, 2.75) is 31.7 Å². The quantitative estimate of drug-likeness (QED) is 0.580. The van der Waals surface area contributed by atoms with E-state index in [4.69, 9.17) is 28.3 Å². The van der Waals surface area contributed by atoms with E-state index in [2.05, 4.69) is 10.4 Å². The molecule has 7 nitrogen and oxygen atoms in total. The van der Waals surface area contributed by atoms with Gasteiger partial charge in [0.1, 0.15) is 0 Å². The first kappa shape index (κ1) is 22.3. The van der Waals surface area contributed by atoms with Gasteiger partial charge in [-0.2, -0.15) is 5.10 Å². The van der Waals surface area contributed by atoms with Gasteiger partial charge in [-0.1, -0.05) is 35.3 Å². The molecule has 30 heavy (non-hydrogen) atoms. The van der Waals surface area contributed by atoms with Crippen LogP contribution in [0, 0.1) is 13.8 Å². The standard InChI is InChI=1S/C20H20Cl2N4O3S/c1-12-17(13(2)26(25-12)19-7-6-15(21)9-18(19)22)10-20(27)24-11-14-4-3-5-16(8-14)30(23,28)29/h3-9H,10-11H2,1-2H3,(H,24,27)(H2,23,28,29). The van der Waals surface area contributed by atoms with Crippen molar-refractivity contribution < 1.29 is 13.2 Å². The van der Waals surface area contributed by atoms with Crippen molar-refractivity contribution in [1.29, 1.82) is 0 Å². The minimum Gasteiger partial charge on any atom is -0.352 e. The number of primary sulfonamides is 1. The first-order valence-electron chi connectivity index (χ1n) is 8.95. The number of halogens is 2. The van der Waals surface area contributed by atoms with Crippen LogP contribution in [0.2, 0.25) is 10.0 Å². The number of nitrogens with one attached hydrogen (secondary N) is 1. The number of hydrogen-bond acceptors (Lipinski definition) is 4. The molecule has 0 radical (unpaired) electrons. The average molecular weight is 467 g/mol. The maximum absolute atomic E-state index is 12.5. The lowest BCUT2D eigenvalue weighted by Crippen LogP contribution is -2.25. The van der Waals surface area contributed by atoms with Crippen LogP contribution in [-0.2, 0) is 27.8 Å². The lowest BCUT2D eigenvalue weighted by molar-refractivity contribution is -0.120. The maximum Gasteiger partial charge on any atom is 0.238 e. The summed E-state index contributed by atoms with van der Waals surface area (Å²) in [5.74, 6) is -0.219. The number of sulfonamides is 1. The second kappa shape index (κ2) is 8.77. The van der Waals surface area contributed by atoms with E-state index >= 15 is 0 Å². The Morgan fingerprint density at radius 3 is 2.57 bits per heavy atom. The lowest BCUT2D eigenvalue weighted by Gasteiger charge is -2.09. The monoisotopic (exact) mass is 466 g/mol. The van der Waals surface area contributed by atoms with Gasteiger partial charge in [0, 0.05) is 22.8 Å². The normalized spacial score (nSPS) is 11.5. The molecule has 0 aliphatic heterocycles. The minimum absolute atomic E-state index is 0.00191. The van der Waals surface area contributed by atoms with Gasteiger partial charge < -0.3 is 5.32 Å². The molecule has 10 heteroatoms. The number of nitrogens with zero attached hydrogens (tertiary/aromatic N) is 2. The van der Waals surface area contributed by atoms with Gasteiger partial charge in [0.25, 0.3) is 0 Å². The Bertz CT molecular complexity index is 1220. The maximum atomic E-state index is 12.5. The van der Waals surface area contributed by atoms with Crippen molar-refractivity contribution >= 4 is 39.1 Å². The number of aromatic nitrogens is 2. The third-order valence-corrected chi connectivity index (χ3v) is 6.08. The Kier molecular flexibility index (Phi) is 6.52. The van der Waals surface area contributed by atoms with E-state index in [9.17, 15) is 13.2 Å². The third-order valence-electron chi connectivity index (χ3n) is 4.63. The number of hydrogen-bond donors (Lipinski definition) is 2. The number of carbonyl (C=O) groups excluding carboxylic acids is 1. The molecule has 0 saturated carbocycles. The molecule has 1 aromatic heterocycles. The molecule has 0 saturated heterocycles. The van der Waals surface area contributed by atoms with Crippen molar-refractivity contribution in [2.24, 2.45) is 5.14 Å². The van der Waals surface area contributed by atoms with Crippen LogP contribution in [-0.4, -0.2) is 24.1 Å². The third kappa shape index (κ3) is 5.02. The highest BCUT2D eigenvalue weighted by Crippen LogP contribution is 2.27. The van der Waals surface area contributed by atoms with Gasteiger partial charge in [-0.25, -0.2) is 18.2 Å². The molecule has 3 N–H and O–H groups in total. The van der Waals surface area contributed by atoms with Crippen molar-refractivity contribution in [3.05, 3.63) is 75.0 Å². The first-order chi connectivity index (χ1) is 14.1. The molecule has 0 spiro atoms. The number of nitrogens with two attached hydrogens (primary N) is 1. The van der Waals surface area contributed by atoms with Crippen LogP contribution in [0.3, 0.4) is 0 Å². The zero-order chi connectivity index (χ0) is 22.1. The lowest BCUT2D eigenvalue weighted by atomic mass is 10.1. The van der Waals surface area contributed by atoms with Crippen molar-refractivity contribution in [2.75, 3.05) is 0 Å². The smallest absolute Gasteiger partial charge is 0.238 e. The van der Waals surface area contributed by atoms with Crippen molar-refractivity contribution in [3.8, 4) is 5.69 Å². The molecule has 0 atom stereocenters. The van der Waals surface area contributed by atoms with E-state index < -0.39 is 10.0 Å². The van der Waals surface area contributed by atoms with Crippen molar-refractivity contribution in [3.63, 3.8) is 0 Å². The van der Waals surface area contributed by atoms with Crippen LogP contribution in [0.4, 0.5) is 0 Å². The van der Waals surface area contributed by atoms with Gasteiger partial charge in [0.15, 0.2) is 0 Å². The summed E-state index contributed by atoms with van der Waals surface area (Å²) in [6.07, 6.45) is 0.123. The summed E-state index contributed by atoms with van der Waals surface area (Å²) in [5, 5.41) is 13.4. The highest BCUT2D eigenvalue weighted by molar-refractivity contribution is 7.89. The van der Waals surface area contributed by atoms with Gasteiger partial charge >= 0.3 is 0 Å². The van der Waals surface area contributed by atoms with E-state index in [-0.39, 0.29) is 23.8 Å². The minimum atomic E-state index is -3.80. The SMILES string of the molecule is Cc1nn(-c2ccc(Cl)cc2Cl)c(C)c1CC(=O)NCc1cccc(S(N)(=O)=O)c1. The van der Waals surface area contributed by atoms with Gasteiger partial charge in [-0.3, -0.25) is 4.79 Å². The summed E-state index contributed by atoms with van der Waals surface area (Å²) < 4.78 is 24.6. The van der Waals surface area contributed by atoms with E-state index in [1.54, 1.807) is 35.0 Å². The Morgan fingerprint density at radius 1 is 1.17 bits per heavy atom. The highest BCUT2D eigenvalue weighted by atomic mass is 35.5. The molecule has 0 aliphatic rings. The van der Waals surface area contributed by atoms with Gasteiger partial charge in [-0.15, -0.1) is 0 Å². The zero-order valence-corrected chi connectivity index (χ0v) is 18.6. The second-order valence-electron chi connectivity index (χ2n) is 6.80. The van der Waals surface area contributed by atoms with Crippen LogP contribution in [0.15, 0.2) is 47.4 Å². The molecule has 3 aromatic rings. The summed E-state index contributed by atoms with van der Waals surface area (Å²) in [7, 11) is -3.80. The highest BCUT2D eigenvalue weighted by Gasteiger charge is 2.17. The molecular weight excluding hydrogens is 447 g/mol. The zero-order valence-electron chi connectivity index (χ0n) is 16.3. The summed E-state index contributed by atoms with van der Waals surface area (Å²) in [5.41, 5.74) is 3.60. The van der Waals surface area contributed by atoms with Crippen LogP contribution >= 0.6 is 23.2 Å². The van der Waals surface area contributed by atoms with Gasteiger partial charge in [0.05, 0.1) is 27.7 Å². The Labute approximate surface area is 184 Å². The molecule has 3 rings (SSSR count). The predicted molar refractivity (Wildman–Crippen MR) is 116 cm³/mol. The summed E-state index contributed by atoms with van der Waals surface area (Å²) in [6, 6.07) is 11.3. The number of carbonyl (C=O) groups is 1. The van der Waals surface area contributed by atoms with Gasteiger partial charge in [0.2, 0.25) is 15.9 Å². The molecule has 0 aliphatic carbocycles. The fourth-order valence-electron chi connectivity index (χ4n) is 3.07. The Morgan fingerprint density at radius 2 is 1.90 bits per heavy atom. The van der Waals surface area contributed by atoms with Crippen LogP contribution in [0.1, 0.15) is 22.5 Å². The first-order valence-corrected chi connectivity index (χ1v) is 11.3. The fraction of sp³-hybridized carbons (Fsp3) is 0.200. The second-order valence-corrected chi connectivity index (χ2v) is 9.21. The molecule has 0 bridgehead atoms. The number of aryl methyl sites for hydroxylation is 1. The van der Waals surface area contributed by atoms with E-state index in [1.807, 2.05) is 13.8 Å². The summed E-state index contributed by atoms with van der Waals surface area (Å²) in [6.45, 7) is 3.87. The molecule has 0 fully saturated rings. The summed E-state index contributed by atoms with van der Waals surface area (Å²) in [4.78, 5) is 12.5. The number of amides is 1. The van der Waals surface area contributed by atoms with E-state index in [0.29, 0.717) is 27.0 Å². The molecule has 2 aromatic carbocycles. The van der Waals surface area contributed by atoms with Crippen LogP contribution in [0.25, 0.3) is 5.69 Å². The molecule has 158 valence electrons. The average Bonchev–Trinajstić information content (AvgIpc) is 2.94. The van der Waals surface area contributed by atoms with Crippen LogP contribution in [0.5, 0.6) is 0 Å². The van der Waals surface area contributed by atoms with E-state index in [1.165, 1.54) is 12.1 Å². The van der Waals surface area contributed by atoms with E-state index in [0.717, 1.165) is 11.3 Å². The number of benzene rings is 2. The Balaban J connectivity index is 1.74. The van der Waals surface area contributed by atoms with Gasteiger partial charge in [-0.05, 0) is 49.7 Å². The fourth-order valence-corrected chi connectivity index (χ4v) is 4.15. The van der Waals surface area contributed by atoms with Crippen LogP contribution < -0.4 is 10.5 Å². The number of rotatable bonds is 6. The Hall–Kier alpha value is -2.39. The largest absolute Gasteiger partial charge is 0.352 e. The topological polar surface area (TPSA) is 107 Å². The predicted octanol–water partition coefficient (Wildman–Crippen LogP) is 3.30. The molecule has 1 heterocycles. The molecular formula is C20H20Cl2N4O3S. The summed E-state index contributed by atoms with van der Waals surface area (Å²) >= 11 is 12.3. The molecule has 1 amide bonds. The molecule has 0 unspecified atom stereocenters. The van der Waals surface area contributed by atoms with Crippen molar-refractivity contribution in [1.82, 2.24) is 15.1 Å².